The molecule has 0 saturated carbocycles. The smallest absolute Gasteiger partial charge is 0.254 e. The number of amides is 2. The molecule has 0 N–H and O–H groups in total. The summed E-state index contributed by atoms with van der Waals surface area (Å²) in [5.41, 5.74) is 2.92. The summed E-state index contributed by atoms with van der Waals surface area (Å²) < 4.78 is 27.0. The van der Waals surface area contributed by atoms with Crippen LogP contribution < -0.4 is 23.7 Å². The Bertz CT molecular complexity index is 1350. The monoisotopic (exact) mass is 546 g/mol. The van der Waals surface area contributed by atoms with Gasteiger partial charge in [-0.3, -0.25) is 9.59 Å². The molecule has 0 unspecified atom stereocenters. The maximum absolute atomic E-state index is 13.5. The second kappa shape index (κ2) is 12.9. The number of hydrogen-bond acceptors (Lipinski definition) is 7. The molecule has 1 aliphatic rings. The van der Waals surface area contributed by atoms with Gasteiger partial charge in [0.05, 0.1) is 35.5 Å². The molecule has 0 aliphatic carbocycles. The first-order valence-corrected chi connectivity index (χ1v) is 12.8. The first-order chi connectivity index (χ1) is 19.4. The number of hydrogen-bond donors (Lipinski definition) is 0. The third-order valence-corrected chi connectivity index (χ3v) is 6.84. The topological polar surface area (TPSA) is 86.8 Å². The maximum Gasteiger partial charge on any atom is 0.254 e. The van der Waals surface area contributed by atoms with Crippen molar-refractivity contribution in [3.63, 3.8) is 0 Å². The molecule has 1 fully saturated rings. The van der Waals surface area contributed by atoms with E-state index in [4.69, 9.17) is 23.7 Å². The molecule has 40 heavy (non-hydrogen) atoms. The summed E-state index contributed by atoms with van der Waals surface area (Å²) in [4.78, 5) is 30.2. The molecule has 1 saturated heterocycles. The predicted octanol–water partition coefficient (Wildman–Crippen LogP) is 4.15. The van der Waals surface area contributed by atoms with Crippen LogP contribution in [-0.2, 0) is 4.79 Å². The van der Waals surface area contributed by atoms with Gasteiger partial charge < -0.3 is 33.5 Å². The van der Waals surface area contributed by atoms with E-state index in [1.165, 1.54) is 21.3 Å². The highest BCUT2D eigenvalue weighted by Gasteiger charge is 2.26. The van der Waals surface area contributed by atoms with Crippen molar-refractivity contribution in [3.8, 4) is 28.7 Å². The van der Waals surface area contributed by atoms with Crippen LogP contribution in [0.4, 0.5) is 0 Å². The van der Waals surface area contributed by atoms with Gasteiger partial charge >= 0.3 is 0 Å². The zero-order valence-electron chi connectivity index (χ0n) is 23.4. The van der Waals surface area contributed by atoms with Crippen LogP contribution in [0, 0.1) is 0 Å². The highest BCUT2D eigenvalue weighted by Crippen LogP contribution is 2.38. The van der Waals surface area contributed by atoms with Crippen LogP contribution in [-0.4, -0.2) is 83.3 Å². The van der Waals surface area contributed by atoms with Gasteiger partial charge in [-0.1, -0.05) is 36.4 Å². The molecular formula is C31H34N2O7. The van der Waals surface area contributed by atoms with Crippen LogP contribution in [0.25, 0.3) is 5.57 Å². The Hall–Kier alpha value is -4.66. The minimum Gasteiger partial charge on any atom is -0.493 e. The third kappa shape index (κ3) is 5.98. The molecular weight excluding hydrogens is 512 g/mol. The SMILES string of the molecule is COc1ccc(/C(=C/C(=O)N2CCN(C(=O)c3cc(OC)c(OC)c(OC)c3)CC2)c2ccccc2)cc1OC. The van der Waals surface area contributed by atoms with E-state index in [9.17, 15) is 9.59 Å². The summed E-state index contributed by atoms with van der Waals surface area (Å²) in [6.07, 6.45) is 1.65. The molecule has 0 bridgehead atoms. The van der Waals surface area contributed by atoms with Gasteiger partial charge in [-0.05, 0) is 41.0 Å². The van der Waals surface area contributed by atoms with Crippen LogP contribution in [0.2, 0.25) is 0 Å². The summed E-state index contributed by atoms with van der Waals surface area (Å²) in [7, 11) is 7.70. The zero-order valence-corrected chi connectivity index (χ0v) is 23.4. The Morgan fingerprint density at radius 1 is 0.600 bits per heavy atom. The largest absolute Gasteiger partial charge is 0.493 e. The average molecular weight is 547 g/mol. The molecule has 0 radical (unpaired) electrons. The van der Waals surface area contributed by atoms with Crippen molar-refractivity contribution >= 4 is 17.4 Å². The number of rotatable bonds is 9. The number of carbonyl (C=O) groups excluding carboxylic acids is 2. The van der Waals surface area contributed by atoms with E-state index in [2.05, 4.69) is 0 Å². The summed E-state index contributed by atoms with van der Waals surface area (Å²) >= 11 is 0. The van der Waals surface area contributed by atoms with Gasteiger partial charge in [-0.2, -0.15) is 0 Å². The molecule has 3 aromatic rings. The molecule has 9 heteroatoms. The number of methoxy groups -OCH3 is 5. The highest BCUT2D eigenvalue weighted by molar-refractivity contribution is 6.00. The van der Waals surface area contributed by atoms with Crippen molar-refractivity contribution in [2.45, 2.75) is 0 Å². The third-order valence-electron chi connectivity index (χ3n) is 6.84. The van der Waals surface area contributed by atoms with E-state index in [-0.39, 0.29) is 11.8 Å². The Kier molecular flexibility index (Phi) is 9.16. The van der Waals surface area contributed by atoms with Gasteiger partial charge in [0.1, 0.15) is 0 Å². The van der Waals surface area contributed by atoms with Gasteiger partial charge in [0.15, 0.2) is 23.0 Å². The molecule has 1 heterocycles. The summed E-state index contributed by atoms with van der Waals surface area (Å²) in [5.74, 6) is 2.13. The first kappa shape index (κ1) is 28.4. The molecule has 0 aromatic heterocycles. The van der Waals surface area contributed by atoms with Gasteiger partial charge in [0.25, 0.3) is 5.91 Å². The van der Waals surface area contributed by atoms with Crippen LogP contribution in [0.3, 0.4) is 0 Å². The van der Waals surface area contributed by atoms with Crippen molar-refractivity contribution in [3.05, 3.63) is 83.4 Å². The minimum atomic E-state index is -0.169. The first-order valence-electron chi connectivity index (χ1n) is 12.8. The van der Waals surface area contributed by atoms with E-state index >= 15 is 0 Å². The van der Waals surface area contributed by atoms with Crippen molar-refractivity contribution in [2.75, 3.05) is 61.7 Å². The lowest BCUT2D eigenvalue weighted by Gasteiger charge is -2.34. The fourth-order valence-corrected chi connectivity index (χ4v) is 4.69. The summed E-state index contributed by atoms with van der Waals surface area (Å²) in [6.45, 7) is 1.59. The molecule has 0 atom stereocenters. The van der Waals surface area contributed by atoms with E-state index in [0.717, 1.165) is 16.7 Å². The van der Waals surface area contributed by atoms with Crippen molar-refractivity contribution in [1.82, 2.24) is 9.80 Å². The molecule has 0 spiro atoms. The Balaban J connectivity index is 1.53. The average Bonchev–Trinajstić information content (AvgIpc) is 3.02. The van der Waals surface area contributed by atoms with Crippen molar-refractivity contribution in [2.24, 2.45) is 0 Å². The van der Waals surface area contributed by atoms with Crippen LogP contribution in [0.15, 0.2) is 66.7 Å². The molecule has 1 aliphatic heterocycles. The number of benzene rings is 3. The van der Waals surface area contributed by atoms with E-state index in [0.29, 0.717) is 60.5 Å². The number of nitrogens with zero attached hydrogens (tertiary/aromatic N) is 2. The van der Waals surface area contributed by atoms with E-state index in [1.54, 1.807) is 42.2 Å². The second-order valence-electron chi connectivity index (χ2n) is 9.03. The highest BCUT2D eigenvalue weighted by atomic mass is 16.5. The van der Waals surface area contributed by atoms with E-state index in [1.807, 2.05) is 48.5 Å². The molecule has 210 valence electrons. The molecule has 2 amide bonds. The van der Waals surface area contributed by atoms with Crippen molar-refractivity contribution < 1.29 is 33.3 Å². The summed E-state index contributed by atoms with van der Waals surface area (Å²) in [5, 5.41) is 0. The number of ether oxygens (including phenoxy) is 5. The standard InChI is InChI=1S/C31H34N2O7/c1-36-25-12-11-22(17-26(25)37-2)24(21-9-7-6-8-10-21)20-29(34)32-13-15-33(16-14-32)31(35)23-18-27(38-3)30(40-5)28(19-23)39-4/h6-12,17-20H,13-16H2,1-5H3/b24-20+. The maximum atomic E-state index is 13.5. The number of carbonyl (C=O) groups is 2. The zero-order chi connectivity index (χ0) is 28.6. The Labute approximate surface area is 234 Å². The molecule has 3 aromatic carbocycles. The Morgan fingerprint density at radius 2 is 1.15 bits per heavy atom. The van der Waals surface area contributed by atoms with Crippen molar-refractivity contribution in [1.29, 1.82) is 0 Å². The quantitative estimate of drug-likeness (QED) is 0.373. The number of piperazine rings is 1. The van der Waals surface area contributed by atoms with Gasteiger partial charge in [0, 0.05) is 37.8 Å². The lowest BCUT2D eigenvalue weighted by atomic mass is 9.96. The van der Waals surface area contributed by atoms with Gasteiger partial charge in [-0.15, -0.1) is 0 Å². The lowest BCUT2D eigenvalue weighted by molar-refractivity contribution is -0.127. The fourth-order valence-electron chi connectivity index (χ4n) is 4.69. The van der Waals surface area contributed by atoms with Crippen LogP contribution in [0.5, 0.6) is 28.7 Å². The Morgan fingerprint density at radius 3 is 1.70 bits per heavy atom. The predicted molar refractivity (Wildman–Crippen MR) is 152 cm³/mol. The lowest BCUT2D eigenvalue weighted by Crippen LogP contribution is -2.50. The van der Waals surface area contributed by atoms with Gasteiger partial charge in [0.2, 0.25) is 11.7 Å². The normalized spacial score (nSPS) is 13.5. The van der Waals surface area contributed by atoms with Crippen LogP contribution >= 0.6 is 0 Å². The van der Waals surface area contributed by atoms with Crippen LogP contribution in [0.1, 0.15) is 21.5 Å². The second-order valence-corrected chi connectivity index (χ2v) is 9.03. The van der Waals surface area contributed by atoms with Gasteiger partial charge in [-0.25, -0.2) is 0 Å². The van der Waals surface area contributed by atoms with E-state index < -0.39 is 0 Å². The molecule has 4 rings (SSSR count). The molecule has 9 nitrogen and oxygen atoms in total. The fraction of sp³-hybridized carbons (Fsp3) is 0.290. The minimum absolute atomic E-state index is 0.131. The summed E-state index contributed by atoms with van der Waals surface area (Å²) in [6, 6.07) is 18.6.